The molecule has 0 aliphatic carbocycles. The molecule has 0 aromatic carbocycles. The lowest BCUT2D eigenvalue weighted by molar-refractivity contribution is -0.447. The number of hydrogen-bond acceptors (Lipinski definition) is 11. The molecule has 4 atom stereocenters. The third-order valence-electron chi connectivity index (χ3n) is 14.6. The zero-order chi connectivity index (χ0) is 57.0. The summed E-state index contributed by atoms with van der Waals surface area (Å²) in [5.41, 5.74) is -2.58. The summed E-state index contributed by atoms with van der Waals surface area (Å²) in [6, 6.07) is 0. The van der Waals surface area contributed by atoms with Crippen molar-refractivity contribution in [1.82, 2.24) is 0 Å². The highest BCUT2D eigenvalue weighted by Crippen LogP contribution is 2.68. The highest BCUT2D eigenvalue weighted by atomic mass is 31.2. The van der Waals surface area contributed by atoms with Gasteiger partial charge in [0.05, 0.1) is 26.4 Å². The maximum absolute atomic E-state index is 17.7. The first-order valence-electron chi connectivity index (χ1n) is 32.7. The summed E-state index contributed by atoms with van der Waals surface area (Å²) < 4.78 is 76.0. The quantitative estimate of drug-likeness (QED) is 0.0250. The average molecular weight is 1110 g/mol. The van der Waals surface area contributed by atoms with Crippen LogP contribution in [0.15, 0.2) is 25.3 Å². The molecule has 0 rings (SSSR count). The van der Waals surface area contributed by atoms with E-state index in [0.29, 0.717) is 44.9 Å². The Bertz CT molecular complexity index is 1380. The zero-order valence-electron chi connectivity index (χ0n) is 51.8. The van der Waals surface area contributed by atoms with Crippen LogP contribution < -0.4 is 0 Å². The van der Waals surface area contributed by atoms with E-state index in [-0.39, 0.29) is 51.8 Å². The van der Waals surface area contributed by atoms with Gasteiger partial charge in [-0.15, -0.1) is 0 Å². The fourth-order valence-corrected chi connectivity index (χ4v) is 12.0. The number of rotatable bonds is 63. The second-order valence-electron chi connectivity index (χ2n) is 21.8. The highest BCUT2D eigenvalue weighted by Gasteiger charge is 2.75. The van der Waals surface area contributed by atoms with Gasteiger partial charge in [0.2, 0.25) is 6.29 Å². The van der Waals surface area contributed by atoms with Crippen LogP contribution in [0.4, 0.5) is 0 Å². The first-order valence-corrected chi connectivity index (χ1v) is 34.2. The van der Waals surface area contributed by atoms with Gasteiger partial charge < -0.3 is 32.9 Å². The Balaban J connectivity index is 9.38. The molecule has 77 heavy (non-hydrogen) atoms. The van der Waals surface area contributed by atoms with Crippen molar-refractivity contribution < 1.29 is 51.6 Å². The average Bonchev–Trinajstić information content (AvgIpc) is 3.44. The van der Waals surface area contributed by atoms with E-state index >= 15 is 4.57 Å². The van der Waals surface area contributed by atoms with Crippen LogP contribution in [0.2, 0.25) is 0 Å². The Morgan fingerprint density at radius 3 is 1.05 bits per heavy atom. The number of unbranched alkanes of at least 4 members (excludes halogenated alkanes) is 30. The minimum Gasteiger partial charge on any atom is -0.348 e. The second kappa shape index (κ2) is 52.8. The van der Waals surface area contributed by atoms with E-state index in [9.17, 15) is 9.59 Å². The molecule has 4 unspecified atom stereocenters. The van der Waals surface area contributed by atoms with Crippen LogP contribution in [-0.4, -0.2) is 81.0 Å². The molecule has 0 spiro atoms. The Kier molecular flexibility index (Phi) is 51.9. The summed E-state index contributed by atoms with van der Waals surface area (Å²) in [6.45, 7) is 26.1. The van der Waals surface area contributed by atoms with Gasteiger partial charge in [-0.3, -0.25) is 18.7 Å². The Morgan fingerprint density at radius 1 is 0.390 bits per heavy atom. The lowest BCUT2D eigenvalue weighted by Crippen LogP contribution is -2.69. The molecule has 0 amide bonds. The largest absolute Gasteiger partial charge is 0.396 e. The van der Waals surface area contributed by atoms with Crippen molar-refractivity contribution in [2.24, 2.45) is 0 Å². The molecule has 456 valence electrons. The van der Waals surface area contributed by atoms with E-state index < -0.39 is 43.2 Å². The molecule has 0 aromatic rings. The van der Waals surface area contributed by atoms with Crippen LogP contribution in [0.3, 0.4) is 0 Å². The Hall–Kier alpha value is -1.27. The number of ketones is 2. The van der Waals surface area contributed by atoms with Crippen LogP contribution in [0.5, 0.6) is 0 Å². The smallest absolute Gasteiger partial charge is 0.348 e. The SMILES string of the molecule is C=CC(=O)C(CCCCCC)OC(OCCCCCCC)(C(OCCCCCCC)OCCCCCCC)C(OCCCCCCC)(OCCCCCCC)P(=O)(OCCCCCCC)OC(CCCCCC)C(=O)C=C. The molecular formula is C65H125O11P. The van der Waals surface area contributed by atoms with Crippen molar-refractivity contribution in [3.63, 3.8) is 0 Å². The molecule has 0 bridgehead atoms. The lowest BCUT2D eigenvalue weighted by Gasteiger charge is -2.53. The van der Waals surface area contributed by atoms with Crippen molar-refractivity contribution in [3.05, 3.63) is 25.3 Å². The molecule has 0 aromatic heterocycles. The lowest BCUT2D eigenvalue weighted by atomic mass is 10.0. The van der Waals surface area contributed by atoms with Crippen molar-refractivity contribution >= 4 is 19.2 Å². The zero-order valence-corrected chi connectivity index (χ0v) is 52.7. The third kappa shape index (κ3) is 33.4. The maximum Gasteiger partial charge on any atom is 0.396 e. The Labute approximate surface area is 475 Å². The topological polar surface area (TPSA) is 125 Å². The molecular weight excluding hydrogens is 988 g/mol. The maximum atomic E-state index is 17.7. The summed E-state index contributed by atoms with van der Waals surface area (Å²) in [5.74, 6) is -3.18. The third-order valence-corrected chi connectivity index (χ3v) is 16.9. The van der Waals surface area contributed by atoms with E-state index in [1.54, 1.807) is 0 Å². The van der Waals surface area contributed by atoms with Crippen LogP contribution in [-0.2, 0) is 51.6 Å². The second-order valence-corrected chi connectivity index (χ2v) is 23.8. The van der Waals surface area contributed by atoms with Gasteiger partial charge in [0.1, 0.15) is 12.2 Å². The van der Waals surface area contributed by atoms with Gasteiger partial charge in [-0.1, -0.05) is 274 Å². The monoisotopic (exact) mass is 1110 g/mol. The summed E-state index contributed by atoms with van der Waals surface area (Å²) in [4.78, 5) is 29.0. The first kappa shape index (κ1) is 75.7. The molecule has 12 heteroatoms. The minimum absolute atomic E-state index is 0.0215. The van der Waals surface area contributed by atoms with E-state index in [2.05, 4.69) is 68.5 Å². The number of hydrogen-bond donors (Lipinski definition) is 0. The molecule has 0 radical (unpaired) electrons. The predicted octanol–water partition coefficient (Wildman–Crippen LogP) is 20.0. The van der Waals surface area contributed by atoms with Crippen molar-refractivity contribution in [2.45, 2.75) is 342 Å². The van der Waals surface area contributed by atoms with Gasteiger partial charge in [-0.2, -0.15) is 0 Å². The summed E-state index contributed by atoms with van der Waals surface area (Å²) in [5, 5.41) is 0. The van der Waals surface area contributed by atoms with Gasteiger partial charge in [0.15, 0.2) is 11.6 Å². The molecule has 0 aliphatic heterocycles. The first-order chi connectivity index (χ1) is 37.6. The van der Waals surface area contributed by atoms with E-state index in [4.69, 9.17) is 37.5 Å². The summed E-state index contributed by atoms with van der Waals surface area (Å²) in [7, 11) is -5.06. The van der Waals surface area contributed by atoms with Gasteiger partial charge in [0, 0.05) is 13.2 Å². The van der Waals surface area contributed by atoms with Gasteiger partial charge in [0.25, 0.3) is 5.79 Å². The van der Waals surface area contributed by atoms with E-state index in [1.807, 2.05) is 0 Å². The van der Waals surface area contributed by atoms with Crippen LogP contribution in [0, 0.1) is 0 Å². The Morgan fingerprint density at radius 2 is 0.688 bits per heavy atom. The summed E-state index contributed by atoms with van der Waals surface area (Å²) in [6.07, 6.45) is 34.3. The molecule has 0 saturated carbocycles. The molecule has 0 heterocycles. The fraction of sp³-hybridized carbons (Fsp3) is 0.908. The normalized spacial score (nSPS) is 14.4. The van der Waals surface area contributed by atoms with Crippen LogP contribution in [0.1, 0.15) is 312 Å². The molecule has 0 saturated heterocycles. The summed E-state index contributed by atoms with van der Waals surface area (Å²) >= 11 is 0. The van der Waals surface area contributed by atoms with Gasteiger partial charge in [-0.25, -0.2) is 0 Å². The predicted molar refractivity (Wildman–Crippen MR) is 323 cm³/mol. The van der Waals surface area contributed by atoms with Crippen molar-refractivity contribution in [3.8, 4) is 0 Å². The van der Waals surface area contributed by atoms with E-state index in [0.717, 1.165) is 205 Å². The molecule has 0 aliphatic rings. The number of carbonyl (C=O) groups excluding carboxylic acids is 2. The van der Waals surface area contributed by atoms with Gasteiger partial charge in [-0.05, 0) is 63.5 Å². The number of ether oxygens (including phenoxy) is 6. The number of carbonyl (C=O) groups is 2. The minimum atomic E-state index is -5.06. The molecule has 0 N–H and O–H groups in total. The standard InChI is InChI=1S/C65H125O11P/c1-11-21-29-37-45-53-69-63(70-54-46-38-30-22-12-2)64(71-55-47-39-31-23-13-3,75-61(59(66)19-9)51-43-35-27-17-7)65(72-56-48-40-32-24-14-4,73-57-49-41-33-25-15-5)77(68,74-58-50-42-34-26-16-6)76-62(60(67)20-10)52-44-36-28-18-8/h19-20,61-63H,9-18,21-58H2,1-8H3. The van der Waals surface area contributed by atoms with Crippen molar-refractivity contribution in [1.29, 1.82) is 0 Å². The van der Waals surface area contributed by atoms with Crippen LogP contribution in [0.25, 0.3) is 0 Å². The van der Waals surface area contributed by atoms with Crippen LogP contribution >= 0.6 is 7.60 Å². The van der Waals surface area contributed by atoms with Crippen molar-refractivity contribution in [2.75, 3.05) is 39.6 Å². The molecule has 0 fully saturated rings. The van der Waals surface area contributed by atoms with E-state index in [1.165, 1.54) is 12.2 Å². The van der Waals surface area contributed by atoms with Gasteiger partial charge >= 0.3 is 13.1 Å². The molecule has 11 nitrogen and oxygen atoms in total. The fourth-order valence-electron chi connectivity index (χ4n) is 9.62. The highest BCUT2D eigenvalue weighted by molar-refractivity contribution is 7.55.